The Kier molecular flexibility index (Phi) is 3.20. The van der Waals surface area contributed by atoms with Crippen LogP contribution in [0.1, 0.15) is 18.4 Å². The van der Waals surface area contributed by atoms with Gasteiger partial charge in [-0.05, 0) is 24.2 Å². The molecule has 18 heavy (non-hydrogen) atoms. The van der Waals surface area contributed by atoms with Gasteiger partial charge in [-0.15, -0.1) is 0 Å². The molecule has 1 atom stereocenters. The Morgan fingerprint density at radius 1 is 1.33 bits per heavy atom. The zero-order valence-corrected chi connectivity index (χ0v) is 11.3. The monoisotopic (exact) mass is 261 g/mol. The highest BCUT2D eigenvalue weighted by atomic mass is 32.2. The average molecular weight is 261 g/mol. The number of hydrogen-bond donors (Lipinski definition) is 1. The highest BCUT2D eigenvalue weighted by Crippen LogP contribution is 2.36. The Labute approximate surface area is 112 Å². The number of nitrogens with zero attached hydrogens (tertiary/aromatic N) is 2. The van der Waals surface area contributed by atoms with Gasteiger partial charge in [-0.25, -0.2) is 0 Å². The predicted molar refractivity (Wildman–Crippen MR) is 77.8 cm³/mol. The van der Waals surface area contributed by atoms with Crippen LogP contribution in [0.2, 0.25) is 0 Å². The van der Waals surface area contributed by atoms with Crippen LogP contribution in [0.5, 0.6) is 0 Å². The minimum Gasteiger partial charge on any atom is -0.370 e. The molecule has 1 fully saturated rings. The van der Waals surface area contributed by atoms with E-state index in [1.807, 2.05) is 11.8 Å². The molecule has 0 radical (unpaired) electrons. The van der Waals surface area contributed by atoms with E-state index in [9.17, 15) is 0 Å². The summed E-state index contributed by atoms with van der Waals surface area (Å²) in [5.74, 6) is 3.16. The maximum atomic E-state index is 6.10. The van der Waals surface area contributed by atoms with Crippen molar-refractivity contribution >= 4 is 17.7 Å². The number of aliphatic imine (C=N–C) groups is 1. The van der Waals surface area contributed by atoms with Crippen LogP contribution in [0.4, 0.5) is 0 Å². The van der Waals surface area contributed by atoms with E-state index in [4.69, 9.17) is 5.73 Å². The van der Waals surface area contributed by atoms with E-state index in [1.165, 1.54) is 24.2 Å². The lowest BCUT2D eigenvalue weighted by atomic mass is 9.94. The van der Waals surface area contributed by atoms with Crippen LogP contribution < -0.4 is 5.73 Å². The molecular weight excluding hydrogens is 242 g/mol. The number of thioether (sulfide) groups is 1. The van der Waals surface area contributed by atoms with Crippen LogP contribution in [-0.2, 0) is 6.54 Å². The van der Waals surface area contributed by atoms with Crippen LogP contribution >= 0.6 is 11.8 Å². The Morgan fingerprint density at radius 2 is 2.17 bits per heavy atom. The second kappa shape index (κ2) is 4.84. The van der Waals surface area contributed by atoms with Crippen molar-refractivity contribution < 1.29 is 0 Å². The van der Waals surface area contributed by atoms with Crippen molar-refractivity contribution in [3.05, 3.63) is 35.9 Å². The number of benzene rings is 1. The molecule has 96 valence electrons. The Bertz CT molecular complexity index is 438. The molecule has 2 aliphatic rings. The van der Waals surface area contributed by atoms with Gasteiger partial charge in [0.05, 0.1) is 12.1 Å². The van der Waals surface area contributed by atoms with Crippen molar-refractivity contribution in [3.63, 3.8) is 0 Å². The molecule has 1 unspecified atom stereocenters. The summed E-state index contributed by atoms with van der Waals surface area (Å²) in [5.41, 5.74) is 7.59. The van der Waals surface area contributed by atoms with Crippen molar-refractivity contribution in [1.82, 2.24) is 4.90 Å². The highest BCUT2D eigenvalue weighted by Gasteiger charge is 2.43. The molecule has 3 nitrogen and oxygen atoms in total. The molecule has 1 saturated heterocycles. The summed E-state index contributed by atoms with van der Waals surface area (Å²) in [6, 6.07) is 10.5. The first-order chi connectivity index (χ1) is 8.80. The third-order valence-electron chi connectivity index (χ3n) is 3.87. The molecule has 0 saturated carbocycles. The standard InChI is InChI=1S/C14H19N3S/c15-13-16-10-14(7-4-8-18-11-14)17(13)9-12-5-2-1-3-6-12/h1-3,5-6H,4,7-11H2,(H2,15,16). The van der Waals surface area contributed by atoms with E-state index in [0.717, 1.165) is 24.8 Å². The number of guanidine groups is 1. The molecule has 0 amide bonds. The topological polar surface area (TPSA) is 41.6 Å². The summed E-state index contributed by atoms with van der Waals surface area (Å²) >= 11 is 2.04. The smallest absolute Gasteiger partial charge is 0.192 e. The normalized spacial score (nSPS) is 27.6. The second-order valence-corrected chi connectivity index (χ2v) is 6.23. The fourth-order valence-electron chi connectivity index (χ4n) is 2.83. The first-order valence-corrected chi connectivity index (χ1v) is 7.65. The fraction of sp³-hybridized carbons (Fsp3) is 0.500. The fourth-order valence-corrected chi connectivity index (χ4v) is 4.10. The van der Waals surface area contributed by atoms with Crippen LogP contribution in [0.25, 0.3) is 0 Å². The molecule has 0 aliphatic carbocycles. The number of hydrogen-bond acceptors (Lipinski definition) is 4. The molecule has 3 rings (SSSR count). The lowest BCUT2D eigenvalue weighted by molar-refractivity contribution is 0.201. The SMILES string of the molecule is NC1=NCC2(CCCSC2)N1Cc1ccccc1. The van der Waals surface area contributed by atoms with E-state index in [0.29, 0.717) is 0 Å². The summed E-state index contributed by atoms with van der Waals surface area (Å²) in [6.07, 6.45) is 2.50. The van der Waals surface area contributed by atoms with Gasteiger partial charge < -0.3 is 10.6 Å². The van der Waals surface area contributed by atoms with E-state index < -0.39 is 0 Å². The maximum absolute atomic E-state index is 6.10. The average Bonchev–Trinajstić information content (AvgIpc) is 2.71. The summed E-state index contributed by atoms with van der Waals surface area (Å²) in [6.45, 7) is 1.76. The van der Waals surface area contributed by atoms with E-state index >= 15 is 0 Å². The van der Waals surface area contributed by atoms with Crippen molar-refractivity contribution in [2.45, 2.75) is 24.9 Å². The molecular formula is C14H19N3S. The molecule has 0 aromatic heterocycles. The van der Waals surface area contributed by atoms with Gasteiger partial charge in [0.15, 0.2) is 5.96 Å². The van der Waals surface area contributed by atoms with Gasteiger partial charge in [0.2, 0.25) is 0 Å². The maximum Gasteiger partial charge on any atom is 0.192 e. The van der Waals surface area contributed by atoms with E-state index in [1.54, 1.807) is 0 Å². The van der Waals surface area contributed by atoms with Gasteiger partial charge in [-0.3, -0.25) is 4.99 Å². The van der Waals surface area contributed by atoms with E-state index in [-0.39, 0.29) is 5.54 Å². The lowest BCUT2D eigenvalue weighted by Crippen LogP contribution is -2.54. The van der Waals surface area contributed by atoms with E-state index in [2.05, 4.69) is 40.2 Å². The number of rotatable bonds is 2. The van der Waals surface area contributed by atoms with Gasteiger partial charge in [0, 0.05) is 12.3 Å². The van der Waals surface area contributed by atoms with Crippen molar-refractivity contribution in [1.29, 1.82) is 0 Å². The molecule has 1 aromatic carbocycles. The molecule has 1 spiro atoms. The zero-order chi connectivity index (χ0) is 12.4. The minimum atomic E-state index is 0.183. The summed E-state index contributed by atoms with van der Waals surface area (Å²) in [7, 11) is 0. The Morgan fingerprint density at radius 3 is 2.89 bits per heavy atom. The van der Waals surface area contributed by atoms with Gasteiger partial charge in [0.1, 0.15) is 0 Å². The molecule has 2 aliphatic heterocycles. The lowest BCUT2D eigenvalue weighted by Gasteiger charge is -2.41. The molecule has 0 bridgehead atoms. The first-order valence-electron chi connectivity index (χ1n) is 6.49. The summed E-state index contributed by atoms with van der Waals surface area (Å²) < 4.78 is 0. The third-order valence-corrected chi connectivity index (χ3v) is 5.19. The molecule has 4 heteroatoms. The first kappa shape index (κ1) is 11.9. The van der Waals surface area contributed by atoms with Crippen LogP contribution in [0.3, 0.4) is 0 Å². The van der Waals surface area contributed by atoms with Gasteiger partial charge in [-0.1, -0.05) is 30.3 Å². The molecule has 2 heterocycles. The van der Waals surface area contributed by atoms with Crippen LogP contribution in [0.15, 0.2) is 35.3 Å². The largest absolute Gasteiger partial charge is 0.370 e. The van der Waals surface area contributed by atoms with Gasteiger partial charge >= 0.3 is 0 Å². The highest BCUT2D eigenvalue weighted by molar-refractivity contribution is 7.99. The quantitative estimate of drug-likeness (QED) is 0.886. The van der Waals surface area contributed by atoms with Crippen molar-refractivity contribution in [3.8, 4) is 0 Å². The third kappa shape index (κ3) is 2.09. The van der Waals surface area contributed by atoms with Crippen LogP contribution in [0, 0.1) is 0 Å². The second-order valence-electron chi connectivity index (χ2n) is 5.13. The van der Waals surface area contributed by atoms with Crippen molar-refractivity contribution in [2.75, 3.05) is 18.1 Å². The van der Waals surface area contributed by atoms with Gasteiger partial charge in [-0.2, -0.15) is 11.8 Å². The molecule has 1 aromatic rings. The Balaban J connectivity index is 1.81. The summed E-state index contributed by atoms with van der Waals surface area (Å²) in [4.78, 5) is 6.83. The summed E-state index contributed by atoms with van der Waals surface area (Å²) in [5, 5.41) is 0. The molecule has 2 N–H and O–H groups in total. The number of nitrogens with two attached hydrogens (primary N) is 1. The zero-order valence-electron chi connectivity index (χ0n) is 10.5. The Hall–Kier alpha value is -1.16. The minimum absolute atomic E-state index is 0.183. The van der Waals surface area contributed by atoms with Crippen molar-refractivity contribution in [2.24, 2.45) is 10.7 Å². The van der Waals surface area contributed by atoms with Gasteiger partial charge in [0.25, 0.3) is 0 Å². The predicted octanol–water partition coefficient (Wildman–Crippen LogP) is 2.08. The van der Waals surface area contributed by atoms with Crippen LogP contribution in [-0.4, -0.2) is 34.4 Å².